The van der Waals surface area contributed by atoms with Gasteiger partial charge in [0, 0.05) is 21.3 Å². The van der Waals surface area contributed by atoms with Gasteiger partial charge in [0.15, 0.2) is 0 Å². The second-order valence-electron chi connectivity index (χ2n) is 4.63. The third-order valence-electron chi connectivity index (χ3n) is 3.39. The topological polar surface area (TPSA) is 30.9 Å². The van der Waals surface area contributed by atoms with Gasteiger partial charge >= 0.3 is 8.80 Å². The molecule has 1 fully saturated rings. The molecule has 4 nitrogen and oxygen atoms in total. The number of hydrogen-bond acceptors (Lipinski definition) is 4. The van der Waals surface area contributed by atoms with Crippen LogP contribution in [0.1, 0.15) is 6.42 Å². The summed E-state index contributed by atoms with van der Waals surface area (Å²) in [5.41, 5.74) is 0. The molecule has 0 N–H and O–H groups in total. The van der Waals surface area contributed by atoms with E-state index >= 15 is 0 Å². The van der Waals surface area contributed by atoms with Gasteiger partial charge < -0.3 is 17.8 Å². The average Bonchev–Trinajstić information content (AvgIpc) is 2.55. The molecule has 0 aromatic heterocycles. The van der Waals surface area contributed by atoms with Crippen LogP contribution in [0, 0.1) is 0 Å². The summed E-state index contributed by atoms with van der Waals surface area (Å²) in [6.45, 7) is 5.98. The molecule has 90 valence electrons. The van der Waals surface area contributed by atoms with E-state index in [9.17, 15) is 0 Å². The molecule has 0 unspecified atom stereocenters. The SMILES string of the molecule is CO[Si](CN1CCC[Si]1(C)C)(OC)OC. The Morgan fingerprint density at radius 3 is 2.00 bits per heavy atom. The quantitative estimate of drug-likeness (QED) is 0.688. The standard InChI is InChI=1S/C9H23NO3Si2/c1-11-15(12-2,13-3)9-10-7-6-8-14(10,4)5/h6-9H2,1-5H3. The summed E-state index contributed by atoms with van der Waals surface area (Å²) >= 11 is 0. The maximum absolute atomic E-state index is 5.47. The van der Waals surface area contributed by atoms with Crippen molar-refractivity contribution < 1.29 is 13.3 Å². The zero-order valence-corrected chi connectivity index (χ0v) is 12.5. The Kier molecular flexibility index (Phi) is 4.51. The van der Waals surface area contributed by atoms with Crippen LogP contribution in [0.2, 0.25) is 19.1 Å². The van der Waals surface area contributed by atoms with Crippen molar-refractivity contribution in [3.05, 3.63) is 0 Å². The molecule has 15 heavy (non-hydrogen) atoms. The molecule has 1 aliphatic rings. The Morgan fingerprint density at radius 2 is 1.67 bits per heavy atom. The third kappa shape index (κ3) is 2.89. The highest BCUT2D eigenvalue weighted by atomic mass is 28.4. The molecule has 1 aliphatic heterocycles. The van der Waals surface area contributed by atoms with Gasteiger partial charge in [-0.25, -0.2) is 0 Å². The van der Waals surface area contributed by atoms with E-state index in [1.54, 1.807) is 21.3 Å². The molecule has 0 saturated carbocycles. The van der Waals surface area contributed by atoms with Gasteiger partial charge in [0.05, 0.1) is 6.17 Å². The number of nitrogens with zero attached hydrogens (tertiary/aromatic N) is 1. The van der Waals surface area contributed by atoms with E-state index < -0.39 is 17.0 Å². The first-order valence-corrected chi connectivity index (χ1v) is 10.5. The molecule has 0 radical (unpaired) electrons. The van der Waals surface area contributed by atoms with Crippen LogP contribution in [0.4, 0.5) is 0 Å². The molecule has 1 rings (SSSR count). The van der Waals surface area contributed by atoms with Crippen molar-refractivity contribution in [2.24, 2.45) is 0 Å². The third-order valence-corrected chi connectivity index (χ3v) is 10.0. The maximum atomic E-state index is 5.47. The van der Waals surface area contributed by atoms with Gasteiger partial charge in [-0.1, -0.05) is 13.1 Å². The van der Waals surface area contributed by atoms with Gasteiger partial charge in [-0.3, -0.25) is 0 Å². The van der Waals surface area contributed by atoms with Crippen molar-refractivity contribution in [1.29, 1.82) is 0 Å². The van der Waals surface area contributed by atoms with Gasteiger partial charge in [0.25, 0.3) is 0 Å². The summed E-state index contributed by atoms with van der Waals surface area (Å²) in [5.74, 6) is 0. The molecular formula is C9H23NO3Si2. The van der Waals surface area contributed by atoms with Crippen LogP contribution < -0.4 is 0 Å². The van der Waals surface area contributed by atoms with Crippen LogP contribution in [0.25, 0.3) is 0 Å². The Bertz CT molecular complexity index is 201. The highest BCUT2D eigenvalue weighted by Gasteiger charge is 2.45. The zero-order chi connectivity index (χ0) is 11.5. The van der Waals surface area contributed by atoms with Crippen molar-refractivity contribution >= 4 is 17.0 Å². The van der Waals surface area contributed by atoms with Crippen LogP contribution in [-0.2, 0) is 13.3 Å². The highest BCUT2D eigenvalue weighted by molar-refractivity contribution is 6.76. The van der Waals surface area contributed by atoms with E-state index in [-0.39, 0.29) is 0 Å². The van der Waals surface area contributed by atoms with Crippen molar-refractivity contribution in [1.82, 2.24) is 4.57 Å². The Hall–Kier alpha value is 0.274. The fraction of sp³-hybridized carbons (Fsp3) is 1.00. The minimum absolute atomic E-state index is 0.843. The van der Waals surface area contributed by atoms with Gasteiger partial charge in [0.1, 0.15) is 8.24 Å². The van der Waals surface area contributed by atoms with Crippen molar-refractivity contribution in [3.63, 3.8) is 0 Å². The van der Waals surface area contributed by atoms with Crippen LogP contribution in [-0.4, -0.2) is 55.6 Å². The van der Waals surface area contributed by atoms with Crippen molar-refractivity contribution in [2.45, 2.75) is 25.6 Å². The van der Waals surface area contributed by atoms with Gasteiger partial charge in [-0.15, -0.1) is 0 Å². The summed E-state index contributed by atoms with van der Waals surface area (Å²) in [7, 11) is 1.44. The molecule has 1 saturated heterocycles. The molecule has 0 bridgehead atoms. The van der Waals surface area contributed by atoms with Gasteiger partial charge in [-0.2, -0.15) is 0 Å². The first-order chi connectivity index (χ1) is 6.99. The lowest BCUT2D eigenvalue weighted by Gasteiger charge is -2.35. The summed E-state index contributed by atoms with van der Waals surface area (Å²) in [6, 6.07) is 1.37. The fourth-order valence-electron chi connectivity index (χ4n) is 2.13. The molecule has 0 aromatic carbocycles. The van der Waals surface area contributed by atoms with Crippen LogP contribution in [0.3, 0.4) is 0 Å². The Morgan fingerprint density at radius 1 is 1.13 bits per heavy atom. The molecule has 6 heteroatoms. The van der Waals surface area contributed by atoms with E-state index in [4.69, 9.17) is 13.3 Å². The van der Waals surface area contributed by atoms with E-state index in [0.717, 1.165) is 6.17 Å². The largest absolute Gasteiger partial charge is 0.514 e. The minimum atomic E-state index is -2.41. The molecule has 0 aliphatic carbocycles. The fourth-order valence-corrected chi connectivity index (χ4v) is 8.04. The molecule has 0 aromatic rings. The lowest BCUT2D eigenvalue weighted by atomic mass is 10.5. The predicted molar refractivity (Wildman–Crippen MR) is 65.3 cm³/mol. The maximum Gasteiger partial charge on any atom is 0.514 e. The van der Waals surface area contributed by atoms with E-state index in [1.165, 1.54) is 19.0 Å². The van der Waals surface area contributed by atoms with Crippen molar-refractivity contribution in [2.75, 3.05) is 34.0 Å². The monoisotopic (exact) mass is 249 g/mol. The lowest BCUT2D eigenvalue weighted by molar-refractivity contribution is 0.114. The summed E-state index contributed by atoms with van der Waals surface area (Å²) in [5, 5.41) is 0. The highest BCUT2D eigenvalue weighted by Crippen LogP contribution is 2.27. The predicted octanol–water partition coefficient (Wildman–Crippen LogP) is 1.31. The second-order valence-corrected chi connectivity index (χ2v) is 12.3. The molecule has 0 amide bonds. The van der Waals surface area contributed by atoms with Crippen LogP contribution >= 0.6 is 0 Å². The molecule has 0 spiro atoms. The minimum Gasteiger partial charge on any atom is -0.376 e. The van der Waals surface area contributed by atoms with Gasteiger partial charge in [0.2, 0.25) is 0 Å². The summed E-state index contributed by atoms with van der Waals surface area (Å²) in [6.07, 6.45) is 2.15. The van der Waals surface area contributed by atoms with E-state index in [1.807, 2.05) is 0 Å². The van der Waals surface area contributed by atoms with Crippen molar-refractivity contribution in [3.8, 4) is 0 Å². The number of rotatable bonds is 5. The molecular weight excluding hydrogens is 226 g/mol. The summed E-state index contributed by atoms with van der Waals surface area (Å²) in [4.78, 5) is 0. The smallest absolute Gasteiger partial charge is 0.376 e. The van der Waals surface area contributed by atoms with E-state index in [2.05, 4.69) is 17.7 Å². The first kappa shape index (κ1) is 13.3. The van der Waals surface area contributed by atoms with Gasteiger partial charge in [-0.05, 0) is 19.0 Å². The average molecular weight is 249 g/mol. The lowest BCUT2D eigenvalue weighted by Crippen LogP contribution is -2.58. The summed E-state index contributed by atoms with van der Waals surface area (Å²) < 4.78 is 19.0. The Labute approximate surface area is 95.0 Å². The second kappa shape index (κ2) is 5.07. The van der Waals surface area contributed by atoms with Crippen LogP contribution in [0.5, 0.6) is 0 Å². The normalized spacial score (nSPS) is 22.2. The van der Waals surface area contributed by atoms with E-state index in [0.29, 0.717) is 0 Å². The Balaban J connectivity index is 2.66. The first-order valence-electron chi connectivity index (χ1n) is 5.40. The number of hydrogen-bond donors (Lipinski definition) is 0. The zero-order valence-electron chi connectivity index (χ0n) is 10.5. The molecule has 1 heterocycles. The van der Waals surface area contributed by atoms with Crippen LogP contribution in [0.15, 0.2) is 0 Å². The molecule has 0 atom stereocenters.